The van der Waals surface area contributed by atoms with E-state index in [0.29, 0.717) is 17.9 Å². The summed E-state index contributed by atoms with van der Waals surface area (Å²) in [4.78, 5) is 0. The van der Waals surface area contributed by atoms with Crippen molar-refractivity contribution >= 4 is 15.9 Å². The Morgan fingerprint density at radius 3 is 2.88 bits per heavy atom. The van der Waals surface area contributed by atoms with Gasteiger partial charge >= 0.3 is 0 Å². The quantitative estimate of drug-likeness (QED) is 0.418. The third-order valence-electron chi connectivity index (χ3n) is 3.22. The maximum Gasteiger partial charge on any atom is 0.167 e. The molecule has 17 heavy (non-hydrogen) atoms. The highest BCUT2D eigenvalue weighted by Gasteiger charge is 2.25. The first-order chi connectivity index (χ1) is 8.08. The smallest absolute Gasteiger partial charge is 0.167 e. The molecule has 0 radical (unpaired) electrons. The van der Waals surface area contributed by atoms with Crippen molar-refractivity contribution < 1.29 is 9.47 Å². The number of alkyl halides is 1. The van der Waals surface area contributed by atoms with Crippen LogP contribution in [0.5, 0.6) is 0 Å². The molecule has 0 saturated carbocycles. The zero-order chi connectivity index (χ0) is 12.8. The SMILES string of the molecule is C=C(C)[C@@H]1CC=C(C)[C@@H](OC(CBr)OCC)C1. The molecule has 0 amide bonds. The van der Waals surface area contributed by atoms with Crippen LogP contribution in [0.25, 0.3) is 0 Å². The van der Waals surface area contributed by atoms with Crippen LogP contribution in [0.2, 0.25) is 0 Å². The summed E-state index contributed by atoms with van der Waals surface area (Å²) < 4.78 is 11.5. The number of hydrogen-bond acceptors (Lipinski definition) is 2. The van der Waals surface area contributed by atoms with E-state index in [9.17, 15) is 0 Å². The van der Waals surface area contributed by atoms with Crippen LogP contribution in [0.3, 0.4) is 0 Å². The Labute approximate surface area is 113 Å². The van der Waals surface area contributed by atoms with Gasteiger partial charge < -0.3 is 9.47 Å². The summed E-state index contributed by atoms with van der Waals surface area (Å²) in [6.07, 6.45) is 4.39. The van der Waals surface area contributed by atoms with Gasteiger partial charge in [-0.2, -0.15) is 0 Å². The van der Waals surface area contributed by atoms with Crippen molar-refractivity contribution in [3.05, 3.63) is 23.8 Å². The molecular weight excluding hydrogens is 280 g/mol. The van der Waals surface area contributed by atoms with Gasteiger partial charge in [0.15, 0.2) is 6.29 Å². The molecule has 1 aliphatic rings. The van der Waals surface area contributed by atoms with E-state index in [-0.39, 0.29) is 12.4 Å². The van der Waals surface area contributed by atoms with Gasteiger partial charge in [0.2, 0.25) is 0 Å². The monoisotopic (exact) mass is 302 g/mol. The summed E-state index contributed by atoms with van der Waals surface area (Å²) >= 11 is 3.42. The van der Waals surface area contributed by atoms with E-state index in [4.69, 9.17) is 9.47 Å². The van der Waals surface area contributed by atoms with Gasteiger partial charge in [-0.3, -0.25) is 0 Å². The normalized spacial score (nSPS) is 26.5. The fourth-order valence-electron chi connectivity index (χ4n) is 2.05. The fraction of sp³-hybridized carbons (Fsp3) is 0.714. The zero-order valence-electron chi connectivity index (χ0n) is 11.0. The Balaban J connectivity index is 2.59. The minimum Gasteiger partial charge on any atom is -0.352 e. The molecule has 1 unspecified atom stereocenters. The van der Waals surface area contributed by atoms with E-state index in [1.54, 1.807) is 0 Å². The van der Waals surface area contributed by atoms with Gasteiger partial charge in [-0.15, -0.1) is 0 Å². The summed E-state index contributed by atoms with van der Waals surface area (Å²) in [5.74, 6) is 0.543. The average Bonchev–Trinajstić information content (AvgIpc) is 2.30. The Morgan fingerprint density at radius 2 is 2.35 bits per heavy atom. The largest absolute Gasteiger partial charge is 0.352 e. The van der Waals surface area contributed by atoms with Crippen LogP contribution >= 0.6 is 15.9 Å². The maximum absolute atomic E-state index is 6.00. The molecule has 0 aromatic heterocycles. The Hall–Kier alpha value is -0.120. The van der Waals surface area contributed by atoms with Gasteiger partial charge in [0.05, 0.1) is 11.4 Å². The summed E-state index contributed by atoms with van der Waals surface area (Å²) in [5, 5.41) is 0.711. The van der Waals surface area contributed by atoms with Crippen molar-refractivity contribution in [2.24, 2.45) is 5.92 Å². The molecule has 0 N–H and O–H groups in total. The highest BCUT2D eigenvalue weighted by Crippen LogP contribution is 2.31. The average molecular weight is 303 g/mol. The number of allylic oxidation sites excluding steroid dienone is 2. The summed E-state index contributed by atoms with van der Waals surface area (Å²) in [6, 6.07) is 0. The molecule has 3 atom stereocenters. The van der Waals surface area contributed by atoms with E-state index in [1.165, 1.54) is 11.1 Å². The predicted molar refractivity (Wildman–Crippen MR) is 75.4 cm³/mol. The molecule has 0 fully saturated rings. The van der Waals surface area contributed by atoms with E-state index in [2.05, 4.69) is 42.4 Å². The van der Waals surface area contributed by atoms with Gasteiger partial charge in [0.25, 0.3) is 0 Å². The van der Waals surface area contributed by atoms with Gasteiger partial charge in [-0.25, -0.2) is 0 Å². The molecule has 0 bridgehead atoms. The predicted octanol–water partition coefficient (Wildman–Crippen LogP) is 4.06. The van der Waals surface area contributed by atoms with Crippen molar-refractivity contribution in [3.63, 3.8) is 0 Å². The van der Waals surface area contributed by atoms with Crippen LogP contribution in [0, 0.1) is 5.92 Å². The number of hydrogen-bond donors (Lipinski definition) is 0. The molecule has 0 aromatic rings. The number of rotatable bonds is 6. The molecule has 0 aromatic carbocycles. The molecule has 2 nitrogen and oxygen atoms in total. The summed E-state index contributed by atoms with van der Waals surface area (Å²) in [6.45, 7) is 10.9. The minimum atomic E-state index is -0.155. The lowest BCUT2D eigenvalue weighted by Crippen LogP contribution is -2.30. The topological polar surface area (TPSA) is 18.5 Å². The van der Waals surface area contributed by atoms with Crippen molar-refractivity contribution in [2.45, 2.75) is 46.0 Å². The van der Waals surface area contributed by atoms with Gasteiger partial charge in [-0.1, -0.05) is 34.2 Å². The first kappa shape index (κ1) is 14.9. The standard InChI is InChI=1S/C14H23BrO2/c1-5-16-14(9-15)17-13-8-12(10(2)3)7-6-11(13)4/h6,12-14H,2,5,7-9H2,1,3-4H3/t12-,13+,14?/m1/s1. The van der Waals surface area contributed by atoms with E-state index in [0.717, 1.165) is 12.8 Å². The van der Waals surface area contributed by atoms with Crippen LogP contribution in [-0.4, -0.2) is 24.3 Å². The van der Waals surface area contributed by atoms with Gasteiger partial charge in [-0.05, 0) is 45.1 Å². The third kappa shape index (κ3) is 4.57. The van der Waals surface area contributed by atoms with Gasteiger partial charge in [0.1, 0.15) is 0 Å². The van der Waals surface area contributed by atoms with E-state index in [1.807, 2.05) is 6.92 Å². The first-order valence-corrected chi connectivity index (χ1v) is 7.35. The molecule has 1 aliphatic carbocycles. The van der Waals surface area contributed by atoms with Crippen molar-refractivity contribution in [1.29, 1.82) is 0 Å². The van der Waals surface area contributed by atoms with Crippen molar-refractivity contribution in [1.82, 2.24) is 0 Å². The molecule has 0 spiro atoms. The molecular formula is C14H23BrO2. The number of halogens is 1. The van der Waals surface area contributed by atoms with Crippen LogP contribution in [0.4, 0.5) is 0 Å². The molecule has 0 aliphatic heterocycles. The molecule has 3 heteroatoms. The van der Waals surface area contributed by atoms with Crippen molar-refractivity contribution in [2.75, 3.05) is 11.9 Å². The highest BCUT2D eigenvalue weighted by atomic mass is 79.9. The fourth-order valence-corrected chi connectivity index (χ4v) is 2.39. The minimum absolute atomic E-state index is 0.155. The second-order valence-electron chi connectivity index (χ2n) is 4.63. The summed E-state index contributed by atoms with van der Waals surface area (Å²) in [5.41, 5.74) is 2.56. The second kappa shape index (κ2) is 7.34. The third-order valence-corrected chi connectivity index (χ3v) is 3.75. The van der Waals surface area contributed by atoms with E-state index >= 15 is 0 Å². The van der Waals surface area contributed by atoms with Gasteiger partial charge in [0, 0.05) is 6.61 Å². The number of ether oxygens (including phenoxy) is 2. The lowest BCUT2D eigenvalue weighted by Gasteiger charge is -2.31. The second-order valence-corrected chi connectivity index (χ2v) is 5.27. The Morgan fingerprint density at radius 1 is 1.65 bits per heavy atom. The van der Waals surface area contributed by atoms with Crippen LogP contribution in [0.1, 0.15) is 33.6 Å². The lowest BCUT2D eigenvalue weighted by molar-refractivity contribution is -0.148. The molecule has 1 rings (SSSR count). The Bertz CT molecular complexity index is 286. The van der Waals surface area contributed by atoms with Crippen LogP contribution in [0.15, 0.2) is 23.8 Å². The highest BCUT2D eigenvalue weighted by molar-refractivity contribution is 9.09. The first-order valence-electron chi connectivity index (χ1n) is 6.23. The van der Waals surface area contributed by atoms with Crippen LogP contribution < -0.4 is 0 Å². The zero-order valence-corrected chi connectivity index (χ0v) is 12.6. The van der Waals surface area contributed by atoms with Crippen LogP contribution in [-0.2, 0) is 9.47 Å². The lowest BCUT2D eigenvalue weighted by atomic mass is 9.84. The summed E-state index contributed by atoms with van der Waals surface area (Å²) in [7, 11) is 0. The van der Waals surface area contributed by atoms with Crippen molar-refractivity contribution in [3.8, 4) is 0 Å². The maximum atomic E-state index is 6.00. The van der Waals surface area contributed by atoms with E-state index < -0.39 is 0 Å². The Kier molecular flexibility index (Phi) is 6.45. The molecule has 98 valence electrons. The molecule has 0 heterocycles. The molecule has 0 saturated heterocycles.